The predicted molar refractivity (Wildman–Crippen MR) is 106 cm³/mol. The van der Waals surface area contributed by atoms with Gasteiger partial charge in [-0.25, -0.2) is 4.79 Å². The van der Waals surface area contributed by atoms with Crippen LogP contribution in [0.5, 0.6) is 0 Å². The molecule has 29 heavy (non-hydrogen) atoms. The maximum Gasteiger partial charge on any atom is 0.349 e. The highest BCUT2D eigenvalue weighted by atomic mass is 16.4. The summed E-state index contributed by atoms with van der Waals surface area (Å²) in [6, 6.07) is 5.44. The maximum absolute atomic E-state index is 13.3. The fourth-order valence-corrected chi connectivity index (χ4v) is 4.79. The highest BCUT2D eigenvalue weighted by molar-refractivity contribution is 6.06. The molecule has 2 aliphatic heterocycles. The van der Waals surface area contributed by atoms with Crippen LogP contribution in [0.25, 0.3) is 0 Å². The second-order valence-corrected chi connectivity index (χ2v) is 8.39. The summed E-state index contributed by atoms with van der Waals surface area (Å²) >= 11 is 0. The normalized spacial score (nSPS) is 23.6. The molecular formula is C22H23N3O4. The van der Waals surface area contributed by atoms with Crippen LogP contribution >= 0.6 is 0 Å². The number of carbonyl (C=O) groups excluding carboxylic acids is 2. The van der Waals surface area contributed by atoms with Crippen molar-refractivity contribution in [3.05, 3.63) is 57.4 Å². The molecule has 2 amide bonds. The lowest BCUT2D eigenvalue weighted by Crippen LogP contribution is -2.52. The molecule has 1 N–H and O–H groups in total. The topological polar surface area (TPSA) is 92.5 Å². The van der Waals surface area contributed by atoms with Gasteiger partial charge in [0.1, 0.15) is 16.7 Å². The molecule has 0 bridgehead atoms. The third-order valence-electron chi connectivity index (χ3n) is 6.61. The Kier molecular flexibility index (Phi) is 4.08. The van der Waals surface area contributed by atoms with Crippen molar-refractivity contribution in [1.82, 2.24) is 9.88 Å². The Labute approximate surface area is 168 Å². The van der Waals surface area contributed by atoms with Crippen molar-refractivity contribution in [3.8, 4) is 0 Å². The number of fused-ring (bicyclic) bond motifs is 2. The largest absolute Gasteiger partial charge is 0.427 e. The molecule has 0 radical (unpaired) electrons. The summed E-state index contributed by atoms with van der Waals surface area (Å²) in [5.41, 5.74) is 0.668. The molecule has 7 heteroatoms. The third-order valence-corrected chi connectivity index (χ3v) is 6.61. The first-order valence-electron chi connectivity index (χ1n) is 10.2. The number of carbonyl (C=O) groups is 2. The second-order valence-electron chi connectivity index (χ2n) is 8.39. The van der Waals surface area contributed by atoms with Crippen molar-refractivity contribution >= 4 is 17.5 Å². The zero-order chi connectivity index (χ0) is 20.2. The highest BCUT2D eigenvalue weighted by Crippen LogP contribution is 2.42. The smallest absolute Gasteiger partial charge is 0.349 e. The number of piperidine rings is 1. The maximum atomic E-state index is 13.3. The van der Waals surface area contributed by atoms with Gasteiger partial charge in [0.2, 0.25) is 5.91 Å². The Balaban J connectivity index is 1.47. The van der Waals surface area contributed by atoms with E-state index in [4.69, 9.17) is 4.42 Å². The van der Waals surface area contributed by atoms with E-state index in [1.165, 1.54) is 0 Å². The number of anilines is 1. The number of likely N-dealkylation sites (tertiary alicyclic amines) is 1. The van der Waals surface area contributed by atoms with Crippen molar-refractivity contribution in [2.75, 3.05) is 18.4 Å². The summed E-state index contributed by atoms with van der Waals surface area (Å²) in [7, 11) is 0. The van der Waals surface area contributed by atoms with Gasteiger partial charge in [-0.05, 0) is 56.4 Å². The van der Waals surface area contributed by atoms with Crippen LogP contribution in [-0.2, 0) is 10.2 Å². The van der Waals surface area contributed by atoms with E-state index in [0.29, 0.717) is 42.1 Å². The minimum Gasteiger partial charge on any atom is -0.427 e. The van der Waals surface area contributed by atoms with E-state index < -0.39 is 11.0 Å². The van der Waals surface area contributed by atoms with Crippen molar-refractivity contribution in [1.29, 1.82) is 0 Å². The lowest BCUT2D eigenvalue weighted by molar-refractivity contribution is -0.122. The van der Waals surface area contributed by atoms with Gasteiger partial charge in [-0.3, -0.25) is 14.6 Å². The number of nitrogens with one attached hydrogen (secondary N) is 1. The van der Waals surface area contributed by atoms with Gasteiger partial charge in [0.15, 0.2) is 0 Å². The van der Waals surface area contributed by atoms with Crippen LogP contribution in [0.15, 0.2) is 33.6 Å². The first-order chi connectivity index (χ1) is 14.0. The van der Waals surface area contributed by atoms with Gasteiger partial charge in [0.05, 0.1) is 11.4 Å². The molecule has 0 aromatic carbocycles. The number of amides is 2. The van der Waals surface area contributed by atoms with E-state index in [1.54, 1.807) is 24.1 Å². The zero-order valence-corrected chi connectivity index (χ0v) is 16.4. The SMILES string of the molecule is Cc1cc(C2CCC2)oc(=O)c1C(=O)N1CCCC2(C1)C(=O)Nc1cccnc12. The van der Waals surface area contributed by atoms with E-state index in [0.717, 1.165) is 19.3 Å². The molecule has 1 aliphatic carbocycles. The number of rotatable bonds is 2. The molecular weight excluding hydrogens is 370 g/mol. The Morgan fingerprint density at radius 3 is 2.86 bits per heavy atom. The Morgan fingerprint density at radius 2 is 2.14 bits per heavy atom. The van der Waals surface area contributed by atoms with Gasteiger partial charge in [-0.2, -0.15) is 0 Å². The Bertz CT molecular complexity index is 1070. The van der Waals surface area contributed by atoms with Crippen LogP contribution < -0.4 is 10.9 Å². The third kappa shape index (κ3) is 2.71. The van der Waals surface area contributed by atoms with Gasteiger partial charge in [-0.15, -0.1) is 0 Å². The number of hydrogen-bond donors (Lipinski definition) is 1. The molecule has 2 fully saturated rings. The van der Waals surface area contributed by atoms with Crippen LogP contribution in [0.1, 0.15) is 65.4 Å². The predicted octanol–water partition coefficient (Wildman–Crippen LogP) is 2.74. The van der Waals surface area contributed by atoms with Gasteiger partial charge in [0.25, 0.3) is 5.91 Å². The molecule has 1 atom stereocenters. The minimum absolute atomic E-state index is 0.0739. The van der Waals surface area contributed by atoms with Crippen LogP contribution in [0.3, 0.4) is 0 Å². The number of hydrogen-bond acceptors (Lipinski definition) is 5. The zero-order valence-electron chi connectivity index (χ0n) is 16.4. The molecule has 1 saturated carbocycles. The molecule has 5 rings (SSSR count). The lowest BCUT2D eigenvalue weighted by atomic mass is 9.77. The van der Waals surface area contributed by atoms with Gasteiger partial charge in [0, 0.05) is 25.2 Å². The quantitative estimate of drug-likeness (QED) is 0.847. The monoisotopic (exact) mass is 393 g/mol. The van der Waals surface area contributed by atoms with Gasteiger partial charge < -0.3 is 14.6 Å². The molecule has 150 valence electrons. The van der Waals surface area contributed by atoms with Crippen LogP contribution in [0.4, 0.5) is 5.69 Å². The molecule has 3 aliphatic rings. The number of aryl methyl sites for hydroxylation is 1. The van der Waals surface area contributed by atoms with Crippen molar-refractivity contribution in [2.45, 2.75) is 50.4 Å². The lowest BCUT2D eigenvalue weighted by Gasteiger charge is -2.38. The number of pyridine rings is 1. The number of aromatic nitrogens is 1. The van der Waals surface area contributed by atoms with Crippen LogP contribution in [-0.4, -0.2) is 34.8 Å². The molecule has 2 aromatic heterocycles. The molecule has 2 aromatic rings. The first-order valence-corrected chi connectivity index (χ1v) is 10.2. The van der Waals surface area contributed by atoms with Gasteiger partial charge in [-0.1, -0.05) is 6.42 Å². The summed E-state index contributed by atoms with van der Waals surface area (Å²) in [5.74, 6) is 0.465. The van der Waals surface area contributed by atoms with E-state index in [1.807, 2.05) is 12.1 Å². The average Bonchev–Trinajstić information content (AvgIpc) is 2.91. The summed E-state index contributed by atoms with van der Waals surface area (Å²) in [6.45, 7) is 2.50. The fraction of sp³-hybridized carbons (Fsp3) is 0.455. The average molecular weight is 393 g/mol. The van der Waals surface area contributed by atoms with E-state index in [2.05, 4.69) is 10.3 Å². The molecule has 4 heterocycles. The summed E-state index contributed by atoms with van der Waals surface area (Å²) in [4.78, 5) is 44.8. The Hall–Kier alpha value is -2.96. The summed E-state index contributed by atoms with van der Waals surface area (Å²) in [5, 5.41) is 2.89. The standard InChI is InChI=1S/C22H23N3O4/c1-13-11-16(14-5-2-6-14)29-20(27)17(13)19(26)25-10-4-8-22(12-25)18-15(24-21(22)28)7-3-9-23-18/h3,7,9,11,14H,2,4-6,8,10,12H2,1H3,(H,24,28). The fourth-order valence-electron chi connectivity index (χ4n) is 4.79. The summed E-state index contributed by atoms with van der Waals surface area (Å²) < 4.78 is 5.50. The van der Waals surface area contributed by atoms with E-state index >= 15 is 0 Å². The van der Waals surface area contributed by atoms with Crippen molar-refractivity contribution < 1.29 is 14.0 Å². The summed E-state index contributed by atoms with van der Waals surface area (Å²) in [6.07, 6.45) is 6.14. The van der Waals surface area contributed by atoms with Crippen LogP contribution in [0.2, 0.25) is 0 Å². The Morgan fingerprint density at radius 1 is 1.31 bits per heavy atom. The molecule has 1 saturated heterocycles. The second kappa shape index (κ2) is 6.54. The molecule has 7 nitrogen and oxygen atoms in total. The van der Waals surface area contributed by atoms with Gasteiger partial charge >= 0.3 is 5.63 Å². The highest BCUT2D eigenvalue weighted by Gasteiger charge is 2.51. The minimum atomic E-state index is -0.857. The molecule has 1 unspecified atom stereocenters. The van der Waals surface area contributed by atoms with E-state index in [-0.39, 0.29) is 29.8 Å². The van der Waals surface area contributed by atoms with Crippen molar-refractivity contribution in [2.24, 2.45) is 0 Å². The molecule has 1 spiro atoms. The van der Waals surface area contributed by atoms with E-state index in [9.17, 15) is 14.4 Å². The van der Waals surface area contributed by atoms with Crippen molar-refractivity contribution in [3.63, 3.8) is 0 Å². The number of nitrogens with zero attached hydrogens (tertiary/aromatic N) is 2. The first kappa shape index (κ1) is 18.1. The van der Waals surface area contributed by atoms with Crippen LogP contribution in [0, 0.1) is 6.92 Å².